The molecule has 0 aliphatic rings. The molecule has 12 nitrogen and oxygen atoms in total. The summed E-state index contributed by atoms with van der Waals surface area (Å²) in [5.74, 6) is -2.68. The van der Waals surface area contributed by atoms with Gasteiger partial charge in [-0.15, -0.1) is 0 Å². The molecule has 0 heterocycles. The maximum atomic E-state index is 11.0. The first kappa shape index (κ1) is 54.5. The topological polar surface area (TPSA) is 169 Å². The van der Waals surface area contributed by atoms with Gasteiger partial charge in [0.2, 0.25) is 0 Å². The zero-order valence-electron chi connectivity index (χ0n) is 32.4. The summed E-state index contributed by atoms with van der Waals surface area (Å²) < 4.78 is 23.4. The van der Waals surface area contributed by atoms with Crippen LogP contribution in [0.5, 0.6) is 0 Å². The maximum absolute atomic E-state index is 11.0. The van der Waals surface area contributed by atoms with Crippen molar-refractivity contribution in [2.24, 2.45) is 0 Å². The molecule has 0 atom stereocenters. The van der Waals surface area contributed by atoms with Crippen LogP contribution in [0.25, 0.3) is 0 Å². The highest BCUT2D eigenvalue weighted by Crippen LogP contribution is 2.03. The minimum atomic E-state index is -0.935. The number of ether oxygens (including phenoxy) is 5. The maximum Gasteiger partial charge on any atom is 0.333 e. The van der Waals surface area contributed by atoms with Crippen LogP contribution in [0.1, 0.15) is 59.1 Å². The molecule has 0 saturated heterocycles. The summed E-state index contributed by atoms with van der Waals surface area (Å²) in [7, 11) is 0. The fraction of sp³-hybridized carbons (Fsp3) is 0.286. The van der Waals surface area contributed by atoms with E-state index in [0.29, 0.717) is 44.2 Å². The number of aliphatic carboxylic acids is 1. The molecular weight excluding hydrogens is 696 g/mol. The van der Waals surface area contributed by atoms with E-state index in [-0.39, 0.29) is 35.4 Å². The standard InChI is InChI=1S/C11H12O2.C10H10O2.2C6H10O2.C5H8O2.C4H6O2/c1-9(2)11(12)13-8-10-6-4-3-5-7-10;1-2-10(11)12-8-9-6-4-3-5-7-9;1-4-8-6(7)5(2)3;1-3-5-8-6(7)4-2;1-3-5(6)7-4-2;1-3(2)4(5)6/h3-7H,1,8H2,2H3;2-7H,1,8H2;2,4H2,1,3H3;4H,2-3,5H2,1H3;3H,1,4H2,2H3;1H2,2H3,(H,5,6). The van der Waals surface area contributed by atoms with Gasteiger partial charge in [-0.3, -0.25) is 0 Å². The van der Waals surface area contributed by atoms with Gasteiger partial charge in [-0.1, -0.05) is 107 Å². The summed E-state index contributed by atoms with van der Waals surface area (Å²) in [5.41, 5.74) is 3.02. The van der Waals surface area contributed by atoms with Crippen molar-refractivity contribution in [2.45, 2.75) is 61.2 Å². The molecule has 0 unspecified atom stereocenters. The molecule has 2 aromatic rings. The Morgan fingerprint density at radius 3 is 1.15 bits per heavy atom. The van der Waals surface area contributed by atoms with Gasteiger partial charge in [0.25, 0.3) is 0 Å². The van der Waals surface area contributed by atoms with Crippen molar-refractivity contribution in [3.05, 3.63) is 146 Å². The molecule has 0 aliphatic carbocycles. The fourth-order valence-corrected chi connectivity index (χ4v) is 2.35. The molecular formula is C42H56O12. The molecule has 1 N–H and O–H groups in total. The van der Waals surface area contributed by atoms with Crippen LogP contribution in [-0.4, -0.2) is 60.7 Å². The molecule has 0 aliphatic heterocycles. The molecule has 0 aromatic heterocycles. The SMILES string of the molecule is C=C(C)C(=O)O.C=C(C)C(=O)OCC.C=C(C)C(=O)OCc1ccccc1.C=CC(=O)OCC.C=CC(=O)OCCC.C=CC(=O)OCc1ccccc1. The van der Waals surface area contributed by atoms with E-state index in [1.54, 1.807) is 27.7 Å². The number of carboxylic acids is 1. The van der Waals surface area contributed by atoms with Crippen molar-refractivity contribution in [1.29, 1.82) is 0 Å². The minimum Gasteiger partial charge on any atom is -0.478 e. The van der Waals surface area contributed by atoms with E-state index in [0.717, 1.165) is 35.8 Å². The monoisotopic (exact) mass is 752 g/mol. The first-order valence-corrected chi connectivity index (χ1v) is 16.5. The van der Waals surface area contributed by atoms with E-state index >= 15 is 0 Å². The number of esters is 5. The second-order valence-corrected chi connectivity index (χ2v) is 10.1. The molecule has 0 fully saturated rings. The second-order valence-electron chi connectivity index (χ2n) is 10.1. The second kappa shape index (κ2) is 37.9. The quantitative estimate of drug-likeness (QED) is 0.113. The molecule has 0 radical (unpaired) electrons. The van der Waals surface area contributed by atoms with Crippen LogP contribution in [0, 0.1) is 0 Å². The van der Waals surface area contributed by atoms with Gasteiger partial charge in [-0.25, -0.2) is 28.8 Å². The Kier molecular flexibility index (Phi) is 38.3. The largest absolute Gasteiger partial charge is 0.478 e. The van der Waals surface area contributed by atoms with Crippen molar-refractivity contribution >= 4 is 35.8 Å². The summed E-state index contributed by atoms with van der Waals surface area (Å²) in [6, 6.07) is 19.1. The number of carboxylic acid groups (broad SMARTS) is 1. The Hall–Kier alpha value is -6.30. The van der Waals surface area contributed by atoms with Gasteiger partial charge in [0.15, 0.2) is 0 Å². The fourth-order valence-electron chi connectivity index (χ4n) is 2.35. The van der Waals surface area contributed by atoms with E-state index < -0.39 is 5.97 Å². The van der Waals surface area contributed by atoms with Gasteiger partial charge < -0.3 is 28.8 Å². The van der Waals surface area contributed by atoms with Crippen LogP contribution in [0.4, 0.5) is 0 Å². The highest BCUT2D eigenvalue weighted by atomic mass is 16.5. The normalized spacial score (nSPS) is 8.48. The Morgan fingerprint density at radius 2 is 0.870 bits per heavy atom. The molecule has 0 spiro atoms. The molecule has 54 heavy (non-hydrogen) atoms. The molecule has 0 saturated carbocycles. The summed E-state index contributed by atoms with van der Waals surface area (Å²) in [6.45, 7) is 31.9. The van der Waals surface area contributed by atoms with Crippen LogP contribution in [0.2, 0.25) is 0 Å². The Bertz CT molecular complexity index is 1440. The van der Waals surface area contributed by atoms with Gasteiger partial charge in [0, 0.05) is 34.9 Å². The van der Waals surface area contributed by atoms with Gasteiger partial charge >= 0.3 is 35.8 Å². The summed E-state index contributed by atoms with van der Waals surface area (Å²) in [4.78, 5) is 62.0. The summed E-state index contributed by atoms with van der Waals surface area (Å²) in [5, 5.41) is 7.89. The first-order chi connectivity index (χ1) is 25.5. The number of hydrogen-bond acceptors (Lipinski definition) is 11. The lowest BCUT2D eigenvalue weighted by atomic mass is 10.2. The Balaban J connectivity index is -0.000000285. The lowest BCUT2D eigenvalue weighted by molar-refractivity contribution is -0.140. The van der Waals surface area contributed by atoms with Gasteiger partial charge in [-0.05, 0) is 52.2 Å². The zero-order chi connectivity index (χ0) is 42.3. The van der Waals surface area contributed by atoms with E-state index in [2.05, 4.69) is 53.7 Å². The third kappa shape index (κ3) is 40.1. The van der Waals surface area contributed by atoms with Crippen LogP contribution in [0.3, 0.4) is 0 Å². The van der Waals surface area contributed by atoms with Crippen LogP contribution >= 0.6 is 0 Å². The number of benzene rings is 2. The Morgan fingerprint density at radius 1 is 0.537 bits per heavy atom. The third-order valence-electron chi connectivity index (χ3n) is 5.01. The first-order valence-electron chi connectivity index (χ1n) is 16.5. The van der Waals surface area contributed by atoms with E-state index in [1.165, 1.54) is 6.92 Å². The predicted octanol–water partition coefficient (Wildman–Crippen LogP) is 7.86. The third-order valence-corrected chi connectivity index (χ3v) is 5.01. The number of carbonyl (C=O) groups excluding carboxylic acids is 5. The average Bonchev–Trinajstić information content (AvgIpc) is 3.17. The van der Waals surface area contributed by atoms with Gasteiger partial charge in [0.1, 0.15) is 13.2 Å². The number of rotatable bonds is 14. The number of carbonyl (C=O) groups is 6. The van der Waals surface area contributed by atoms with Crippen molar-refractivity contribution in [3.8, 4) is 0 Å². The molecule has 2 aromatic carbocycles. The number of hydrogen-bond donors (Lipinski definition) is 1. The van der Waals surface area contributed by atoms with Crippen molar-refractivity contribution < 1.29 is 57.6 Å². The van der Waals surface area contributed by atoms with Crippen molar-refractivity contribution in [1.82, 2.24) is 0 Å². The molecule has 12 heteroatoms. The molecule has 0 bridgehead atoms. The van der Waals surface area contributed by atoms with Crippen molar-refractivity contribution in [3.63, 3.8) is 0 Å². The Labute approximate surface area is 320 Å². The van der Waals surface area contributed by atoms with E-state index in [4.69, 9.17) is 14.6 Å². The van der Waals surface area contributed by atoms with E-state index in [9.17, 15) is 28.8 Å². The highest BCUT2D eigenvalue weighted by molar-refractivity contribution is 5.87. The van der Waals surface area contributed by atoms with Gasteiger partial charge in [0.05, 0.1) is 19.8 Å². The minimum absolute atomic E-state index is 0.176. The highest BCUT2D eigenvalue weighted by Gasteiger charge is 2.02. The smallest absolute Gasteiger partial charge is 0.333 e. The van der Waals surface area contributed by atoms with Gasteiger partial charge in [-0.2, -0.15) is 0 Å². The van der Waals surface area contributed by atoms with Crippen LogP contribution in [0.15, 0.2) is 135 Å². The zero-order valence-corrected chi connectivity index (χ0v) is 32.4. The van der Waals surface area contributed by atoms with Crippen LogP contribution in [-0.2, 0) is 65.7 Å². The van der Waals surface area contributed by atoms with E-state index in [1.807, 2.05) is 67.6 Å². The van der Waals surface area contributed by atoms with Crippen molar-refractivity contribution in [2.75, 3.05) is 19.8 Å². The molecule has 2 rings (SSSR count). The summed E-state index contributed by atoms with van der Waals surface area (Å²) >= 11 is 0. The van der Waals surface area contributed by atoms with Crippen LogP contribution < -0.4 is 0 Å². The lowest BCUT2D eigenvalue weighted by Crippen LogP contribution is -2.04. The average molecular weight is 753 g/mol. The molecule has 296 valence electrons. The lowest BCUT2D eigenvalue weighted by Gasteiger charge is -2.03. The summed E-state index contributed by atoms with van der Waals surface area (Å²) in [6.07, 6.45) is 4.32. The predicted molar refractivity (Wildman–Crippen MR) is 210 cm³/mol. The molecule has 0 amide bonds.